The monoisotopic (exact) mass is 298 g/mol. The highest BCUT2D eigenvalue weighted by atomic mass is 79.9. The molecule has 2 N–H and O–H groups in total. The quantitative estimate of drug-likeness (QED) is 0.928. The molecule has 0 saturated carbocycles. The summed E-state index contributed by atoms with van der Waals surface area (Å²) in [5.41, 5.74) is 6.19. The Balaban J connectivity index is 0.00000289. The van der Waals surface area contributed by atoms with Gasteiger partial charge in [0, 0.05) is 0 Å². The first kappa shape index (κ1) is 9.75. The molecule has 1 aromatic carbocycles. The molecule has 0 unspecified atom stereocenters. The molecule has 1 rings (SSSR count). The van der Waals surface area contributed by atoms with Crippen molar-refractivity contribution in [3.05, 3.63) is 22.2 Å². The zero-order chi connectivity index (χ0) is 13.1. The lowest BCUT2D eigenvalue weighted by atomic mass is 10.1. The average Bonchev–Trinajstić information content (AvgIpc) is 2.20. The summed E-state index contributed by atoms with van der Waals surface area (Å²) < 4.78 is 32.0. The maximum atomic E-state index is 7.10. The third-order valence-corrected chi connectivity index (χ3v) is 2.48. The fourth-order valence-electron chi connectivity index (χ4n) is 1.18. The van der Waals surface area contributed by atoms with Crippen LogP contribution in [0.15, 0.2) is 16.6 Å². The minimum absolute atomic E-state index is 0. The van der Waals surface area contributed by atoms with E-state index in [0.29, 0.717) is 34.5 Å². The van der Waals surface area contributed by atoms with Crippen molar-refractivity contribution in [3.8, 4) is 11.5 Å². The molecule has 1 aromatic rings. The number of halogens is 2. The first-order valence-electron chi connectivity index (χ1n) is 5.63. The van der Waals surface area contributed by atoms with Crippen LogP contribution in [0.4, 0.5) is 0 Å². The van der Waals surface area contributed by atoms with E-state index in [9.17, 15) is 0 Å². The smallest absolute Gasteiger partial charge is 0.133 e. The third-order valence-electron chi connectivity index (χ3n) is 1.86. The van der Waals surface area contributed by atoms with Crippen molar-refractivity contribution in [1.29, 1.82) is 0 Å². The van der Waals surface area contributed by atoms with Gasteiger partial charge in [0.1, 0.15) is 11.5 Å². The molecule has 0 atom stereocenters. The summed E-state index contributed by atoms with van der Waals surface area (Å²) in [6.07, 6.45) is 0.523. The van der Waals surface area contributed by atoms with E-state index in [1.165, 1.54) is 7.11 Å². The number of methoxy groups -OCH3 is 2. The number of hydrogen-bond acceptors (Lipinski definition) is 3. The van der Waals surface area contributed by atoms with Gasteiger partial charge in [-0.1, -0.05) is 0 Å². The highest BCUT2D eigenvalue weighted by Crippen LogP contribution is 2.32. The molecule has 86 valence electrons. The Morgan fingerprint density at radius 1 is 1.40 bits per heavy atom. The van der Waals surface area contributed by atoms with Crippen LogP contribution < -0.4 is 15.2 Å². The van der Waals surface area contributed by atoms with Crippen LogP contribution in [0, 0.1) is 0 Å². The molecular weight excluding hydrogens is 281 g/mol. The minimum atomic E-state index is -2.47. The van der Waals surface area contributed by atoms with E-state index in [-0.39, 0.29) is 12.4 Å². The number of nitrogens with two attached hydrogens (primary N) is 1. The third kappa shape index (κ3) is 3.55. The summed E-state index contributed by atoms with van der Waals surface area (Å²) in [5, 5.41) is 0. The van der Waals surface area contributed by atoms with E-state index >= 15 is 0 Å². The average molecular weight is 300 g/mol. The van der Waals surface area contributed by atoms with Gasteiger partial charge >= 0.3 is 0 Å². The Labute approximate surface area is 109 Å². The fourth-order valence-corrected chi connectivity index (χ4v) is 1.66. The number of hydrogen-bond donors (Lipinski definition) is 1. The number of benzene rings is 1. The number of rotatable bonds is 4. The van der Waals surface area contributed by atoms with Crippen LogP contribution in [0.3, 0.4) is 0 Å². The van der Waals surface area contributed by atoms with Crippen LogP contribution in [-0.4, -0.2) is 20.7 Å². The Kier molecular flexibility index (Phi) is 4.51. The second-order valence-electron chi connectivity index (χ2n) is 2.74. The molecule has 0 heterocycles. The molecule has 0 aliphatic heterocycles. The van der Waals surface area contributed by atoms with E-state index in [0.717, 1.165) is 0 Å². The molecule has 0 radical (unpaired) electrons. The van der Waals surface area contributed by atoms with Crippen LogP contribution >= 0.6 is 28.3 Å². The van der Waals surface area contributed by atoms with Gasteiger partial charge in [-0.3, -0.25) is 0 Å². The molecule has 0 fully saturated rings. The summed E-state index contributed by atoms with van der Waals surface area (Å²) in [4.78, 5) is 0. The van der Waals surface area contributed by atoms with Crippen molar-refractivity contribution in [1.82, 2.24) is 0 Å². The predicted octanol–water partition coefficient (Wildman–Crippen LogP) is 2.39. The largest absolute Gasteiger partial charge is 0.496 e. The molecular formula is C10H15BrClNO2. The van der Waals surface area contributed by atoms with Gasteiger partial charge in [-0.25, -0.2) is 0 Å². The summed E-state index contributed by atoms with van der Waals surface area (Å²) in [6, 6.07) is 3.30. The Morgan fingerprint density at radius 3 is 2.67 bits per heavy atom. The van der Waals surface area contributed by atoms with Crippen molar-refractivity contribution in [2.75, 3.05) is 20.7 Å². The lowest BCUT2D eigenvalue weighted by Crippen LogP contribution is -2.04. The molecule has 0 saturated heterocycles. The second kappa shape index (κ2) is 6.93. The molecule has 0 spiro atoms. The Morgan fingerprint density at radius 2 is 2.13 bits per heavy atom. The van der Waals surface area contributed by atoms with Crippen LogP contribution in [0.5, 0.6) is 11.5 Å². The van der Waals surface area contributed by atoms with Gasteiger partial charge in [0.2, 0.25) is 0 Å². The first-order valence-corrected chi connectivity index (χ1v) is 4.92. The highest BCUT2D eigenvalue weighted by molar-refractivity contribution is 9.10. The highest BCUT2D eigenvalue weighted by Gasteiger charge is 2.08. The normalized spacial score (nSPS) is 13.1. The van der Waals surface area contributed by atoms with Gasteiger partial charge in [-0.05, 0) is 46.6 Å². The number of ether oxygens (including phenoxy) is 2. The summed E-state index contributed by atoms with van der Waals surface area (Å²) in [7, 11) is -0.937. The van der Waals surface area contributed by atoms with Crippen LogP contribution in [-0.2, 0) is 6.42 Å². The van der Waals surface area contributed by atoms with Gasteiger partial charge in [-0.15, -0.1) is 12.4 Å². The SMILES string of the molecule is Cl.[2H]C([2H])([2H])Oc1cc(Br)c(OC)cc1CCN. The topological polar surface area (TPSA) is 44.5 Å². The lowest BCUT2D eigenvalue weighted by Gasteiger charge is -2.11. The summed E-state index contributed by atoms with van der Waals surface area (Å²) in [6.45, 7) is 0.405. The Hall–Kier alpha value is -0.450. The van der Waals surface area contributed by atoms with E-state index in [4.69, 9.17) is 19.3 Å². The molecule has 5 heteroatoms. The Bertz CT molecular complexity index is 401. The van der Waals surface area contributed by atoms with Gasteiger partial charge in [0.25, 0.3) is 0 Å². The van der Waals surface area contributed by atoms with E-state index < -0.39 is 7.04 Å². The molecule has 0 aliphatic carbocycles. The van der Waals surface area contributed by atoms with Crippen molar-refractivity contribution in [3.63, 3.8) is 0 Å². The summed E-state index contributed by atoms with van der Waals surface area (Å²) in [5.74, 6) is 0.912. The zero-order valence-electron chi connectivity index (χ0n) is 11.2. The van der Waals surface area contributed by atoms with Gasteiger partial charge in [0.05, 0.1) is 22.7 Å². The molecule has 0 aliphatic rings. The predicted molar refractivity (Wildman–Crippen MR) is 67.3 cm³/mol. The van der Waals surface area contributed by atoms with E-state index in [1.54, 1.807) is 12.1 Å². The summed E-state index contributed by atoms with van der Waals surface area (Å²) >= 11 is 3.28. The molecule has 3 nitrogen and oxygen atoms in total. The van der Waals surface area contributed by atoms with E-state index in [2.05, 4.69) is 15.9 Å². The minimum Gasteiger partial charge on any atom is -0.496 e. The molecule has 0 bridgehead atoms. The lowest BCUT2D eigenvalue weighted by molar-refractivity contribution is 0.397. The molecule has 0 aromatic heterocycles. The van der Waals surface area contributed by atoms with E-state index in [1.807, 2.05) is 0 Å². The van der Waals surface area contributed by atoms with Gasteiger partial charge < -0.3 is 15.2 Å². The first-order chi connectivity index (χ1) is 7.87. The van der Waals surface area contributed by atoms with Crippen molar-refractivity contribution in [2.24, 2.45) is 5.73 Å². The molecule has 15 heavy (non-hydrogen) atoms. The van der Waals surface area contributed by atoms with Gasteiger partial charge in [0.15, 0.2) is 0 Å². The van der Waals surface area contributed by atoms with Gasteiger partial charge in [-0.2, -0.15) is 0 Å². The zero-order valence-corrected chi connectivity index (χ0v) is 10.7. The maximum absolute atomic E-state index is 7.10. The molecule has 0 amide bonds. The van der Waals surface area contributed by atoms with Crippen molar-refractivity contribution in [2.45, 2.75) is 6.42 Å². The standard InChI is InChI=1S/C10H14BrNO2.ClH/c1-13-9-6-8(11)10(14-2)5-7(9)3-4-12;/h5-6H,3-4,12H2,1-2H3;1H/i1D3;. The van der Waals surface area contributed by atoms with Crippen LogP contribution in [0.25, 0.3) is 0 Å². The second-order valence-corrected chi connectivity index (χ2v) is 3.59. The van der Waals surface area contributed by atoms with Crippen molar-refractivity contribution >= 4 is 28.3 Å². The van der Waals surface area contributed by atoms with Crippen molar-refractivity contribution < 1.29 is 13.6 Å². The maximum Gasteiger partial charge on any atom is 0.133 e. The van der Waals surface area contributed by atoms with Crippen LogP contribution in [0.2, 0.25) is 0 Å². The van der Waals surface area contributed by atoms with Crippen LogP contribution in [0.1, 0.15) is 9.68 Å². The fraction of sp³-hybridized carbons (Fsp3) is 0.400.